The van der Waals surface area contributed by atoms with Gasteiger partial charge in [-0.05, 0) is 44.1 Å². The van der Waals surface area contributed by atoms with Gasteiger partial charge >= 0.3 is 0 Å². The lowest BCUT2D eigenvalue weighted by molar-refractivity contribution is -0.131. The van der Waals surface area contributed by atoms with E-state index in [4.69, 9.17) is 5.11 Å². The van der Waals surface area contributed by atoms with Crippen molar-refractivity contribution < 1.29 is 9.90 Å². The Morgan fingerprint density at radius 2 is 2.16 bits per heavy atom. The summed E-state index contributed by atoms with van der Waals surface area (Å²) in [7, 11) is 0. The molecule has 4 nitrogen and oxygen atoms in total. The van der Waals surface area contributed by atoms with Gasteiger partial charge in [-0.2, -0.15) is 0 Å². The summed E-state index contributed by atoms with van der Waals surface area (Å²) in [6.45, 7) is 9.09. The molecular formula is C15H30N2O2. The number of aliphatic hydroxyl groups is 1. The van der Waals surface area contributed by atoms with Gasteiger partial charge in [0.15, 0.2) is 0 Å². The maximum Gasteiger partial charge on any atom is 0.219 e. The van der Waals surface area contributed by atoms with Crippen molar-refractivity contribution in [1.82, 2.24) is 10.2 Å². The molecule has 0 aromatic rings. The summed E-state index contributed by atoms with van der Waals surface area (Å²) < 4.78 is 0. The summed E-state index contributed by atoms with van der Waals surface area (Å²) in [5.41, 5.74) is 0. The van der Waals surface area contributed by atoms with E-state index in [0.29, 0.717) is 17.9 Å². The number of aliphatic hydroxyl groups excluding tert-OH is 1. The molecule has 1 fully saturated rings. The van der Waals surface area contributed by atoms with E-state index in [2.05, 4.69) is 19.2 Å². The van der Waals surface area contributed by atoms with Gasteiger partial charge in [0.05, 0.1) is 0 Å². The maximum absolute atomic E-state index is 11.6. The van der Waals surface area contributed by atoms with Gasteiger partial charge in [0.2, 0.25) is 5.91 Å². The first-order chi connectivity index (χ1) is 9.02. The quantitative estimate of drug-likeness (QED) is 0.739. The maximum atomic E-state index is 11.6. The van der Waals surface area contributed by atoms with Crippen LogP contribution in [0.1, 0.15) is 46.5 Å². The molecule has 0 radical (unpaired) electrons. The smallest absolute Gasteiger partial charge is 0.219 e. The Bertz CT molecular complexity index is 269. The molecule has 19 heavy (non-hydrogen) atoms. The monoisotopic (exact) mass is 270 g/mol. The highest BCUT2D eigenvalue weighted by Crippen LogP contribution is 2.21. The van der Waals surface area contributed by atoms with Crippen LogP contribution in [0.5, 0.6) is 0 Å². The number of amides is 1. The van der Waals surface area contributed by atoms with Gasteiger partial charge in [-0.25, -0.2) is 0 Å². The summed E-state index contributed by atoms with van der Waals surface area (Å²) in [4.78, 5) is 13.6. The van der Waals surface area contributed by atoms with Crippen molar-refractivity contribution in [3.63, 3.8) is 0 Å². The molecule has 112 valence electrons. The predicted molar refractivity (Wildman–Crippen MR) is 77.9 cm³/mol. The number of piperidine rings is 1. The fourth-order valence-electron chi connectivity index (χ4n) is 2.77. The van der Waals surface area contributed by atoms with E-state index >= 15 is 0 Å². The van der Waals surface area contributed by atoms with Crippen LogP contribution in [0.15, 0.2) is 0 Å². The Kier molecular flexibility index (Phi) is 7.39. The third-order valence-electron chi connectivity index (χ3n) is 3.91. The van der Waals surface area contributed by atoms with Crippen LogP contribution in [-0.2, 0) is 4.79 Å². The average molecular weight is 270 g/mol. The fourth-order valence-corrected chi connectivity index (χ4v) is 2.77. The highest BCUT2D eigenvalue weighted by molar-refractivity contribution is 5.73. The summed E-state index contributed by atoms with van der Waals surface area (Å²) >= 11 is 0. The van der Waals surface area contributed by atoms with E-state index in [1.165, 1.54) is 6.42 Å². The van der Waals surface area contributed by atoms with Crippen molar-refractivity contribution in [2.75, 3.05) is 26.2 Å². The molecular weight excluding hydrogens is 240 g/mol. The fraction of sp³-hybridized carbons (Fsp3) is 0.933. The van der Waals surface area contributed by atoms with Gasteiger partial charge in [0.25, 0.3) is 0 Å². The minimum absolute atomic E-state index is 0.171. The highest BCUT2D eigenvalue weighted by atomic mass is 16.2. The Morgan fingerprint density at radius 3 is 2.74 bits per heavy atom. The number of carbonyl (C=O) groups is 1. The zero-order valence-corrected chi connectivity index (χ0v) is 12.7. The number of nitrogens with one attached hydrogen (secondary N) is 1. The number of carbonyl (C=O) groups excluding carboxylic acids is 1. The first-order valence-electron chi connectivity index (χ1n) is 7.62. The first kappa shape index (κ1) is 16.4. The number of likely N-dealkylation sites (tertiary alicyclic amines) is 1. The van der Waals surface area contributed by atoms with E-state index in [9.17, 15) is 4.79 Å². The Morgan fingerprint density at radius 1 is 1.42 bits per heavy atom. The van der Waals surface area contributed by atoms with E-state index < -0.39 is 0 Å². The normalized spacial score (nSPS) is 23.9. The molecule has 0 aliphatic carbocycles. The molecule has 4 heteroatoms. The molecule has 2 N–H and O–H groups in total. The van der Waals surface area contributed by atoms with Crippen molar-refractivity contribution in [1.29, 1.82) is 0 Å². The molecule has 1 rings (SSSR count). The number of hydrogen-bond donors (Lipinski definition) is 2. The Labute approximate surface area is 117 Å². The molecule has 0 spiro atoms. The standard InChI is InChI=1S/C15H30N2O2/c1-12(2)6-7-16-15-9-14(5-4-8-18)10-17(11-15)13(3)19/h12,14-16,18H,4-11H2,1-3H3. The molecule has 0 aromatic carbocycles. The zero-order chi connectivity index (χ0) is 14.3. The van der Waals surface area contributed by atoms with Crippen LogP contribution in [0.4, 0.5) is 0 Å². The van der Waals surface area contributed by atoms with Crippen LogP contribution in [0.25, 0.3) is 0 Å². The molecule has 1 aliphatic rings. The van der Waals surface area contributed by atoms with Crippen molar-refractivity contribution in [2.24, 2.45) is 11.8 Å². The van der Waals surface area contributed by atoms with Crippen molar-refractivity contribution in [2.45, 2.75) is 52.5 Å². The van der Waals surface area contributed by atoms with Gasteiger partial charge in [0.1, 0.15) is 0 Å². The van der Waals surface area contributed by atoms with E-state index in [1.807, 2.05) is 4.90 Å². The molecule has 1 heterocycles. The molecule has 2 atom stereocenters. The Balaban J connectivity index is 2.42. The van der Waals surface area contributed by atoms with Crippen LogP contribution >= 0.6 is 0 Å². The predicted octanol–water partition coefficient (Wildman–Crippen LogP) is 1.63. The SMILES string of the molecule is CC(=O)N1CC(CCCO)CC(NCCC(C)C)C1. The van der Waals surface area contributed by atoms with E-state index in [-0.39, 0.29) is 12.5 Å². The van der Waals surface area contributed by atoms with Crippen molar-refractivity contribution >= 4 is 5.91 Å². The van der Waals surface area contributed by atoms with Gasteiger partial charge < -0.3 is 15.3 Å². The molecule has 0 aromatic heterocycles. The molecule has 1 amide bonds. The van der Waals surface area contributed by atoms with E-state index in [1.54, 1.807) is 6.92 Å². The van der Waals surface area contributed by atoms with Gasteiger partial charge in [-0.15, -0.1) is 0 Å². The van der Waals surface area contributed by atoms with Crippen molar-refractivity contribution in [3.05, 3.63) is 0 Å². The number of nitrogens with zero attached hydrogens (tertiary/aromatic N) is 1. The minimum atomic E-state index is 0.171. The summed E-state index contributed by atoms with van der Waals surface area (Å²) in [6, 6.07) is 0.417. The number of hydrogen-bond acceptors (Lipinski definition) is 3. The third kappa shape index (κ3) is 6.39. The summed E-state index contributed by atoms with van der Waals surface area (Å²) in [5, 5.41) is 12.5. The largest absolute Gasteiger partial charge is 0.396 e. The van der Waals surface area contributed by atoms with Crippen LogP contribution in [0.2, 0.25) is 0 Å². The van der Waals surface area contributed by atoms with Crippen LogP contribution < -0.4 is 5.32 Å². The second-order valence-electron chi connectivity index (χ2n) is 6.23. The third-order valence-corrected chi connectivity index (χ3v) is 3.91. The lowest BCUT2D eigenvalue weighted by Crippen LogP contribution is -2.51. The van der Waals surface area contributed by atoms with Crippen molar-refractivity contribution in [3.8, 4) is 0 Å². The summed E-state index contributed by atoms with van der Waals surface area (Å²) in [6.07, 6.45) is 4.16. The molecule has 0 bridgehead atoms. The van der Waals surface area contributed by atoms with Crippen LogP contribution in [0, 0.1) is 11.8 Å². The second-order valence-corrected chi connectivity index (χ2v) is 6.23. The van der Waals surface area contributed by atoms with E-state index in [0.717, 1.165) is 38.9 Å². The van der Waals surface area contributed by atoms with Gasteiger partial charge in [0, 0.05) is 32.7 Å². The summed E-state index contributed by atoms with van der Waals surface area (Å²) in [5.74, 6) is 1.41. The molecule has 2 unspecified atom stereocenters. The number of rotatable bonds is 7. The topological polar surface area (TPSA) is 52.6 Å². The first-order valence-corrected chi connectivity index (χ1v) is 7.62. The van der Waals surface area contributed by atoms with Gasteiger partial charge in [-0.3, -0.25) is 4.79 Å². The molecule has 0 saturated carbocycles. The van der Waals surface area contributed by atoms with Crippen LogP contribution in [-0.4, -0.2) is 48.2 Å². The lowest BCUT2D eigenvalue weighted by Gasteiger charge is -2.38. The zero-order valence-electron chi connectivity index (χ0n) is 12.7. The average Bonchev–Trinajstić information content (AvgIpc) is 2.35. The second kappa shape index (κ2) is 8.54. The Hall–Kier alpha value is -0.610. The molecule has 1 aliphatic heterocycles. The lowest BCUT2D eigenvalue weighted by atomic mass is 9.90. The molecule has 1 saturated heterocycles. The minimum Gasteiger partial charge on any atom is -0.396 e. The highest BCUT2D eigenvalue weighted by Gasteiger charge is 2.27. The van der Waals surface area contributed by atoms with Crippen LogP contribution in [0.3, 0.4) is 0 Å². The van der Waals surface area contributed by atoms with Gasteiger partial charge in [-0.1, -0.05) is 13.8 Å².